The minimum Gasteiger partial charge on any atom is -0.313 e. The van der Waals surface area contributed by atoms with Gasteiger partial charge < -0.3 is 5.32 Å². The molecule has 1 unspecified atom stereocenters. The normalized spacial score (nSPS) is 21.7. The van der Waals surface area contributed by atoms with Crippen molar-refractivity contribution in [1.82, 2.24) is 10.2 Å². The zero-order valence-corrected chi connectivity index (χ0v) is 10.7. The maximum absolute atomic E-state index is 12.1. The summed E-state index contributed by atoms with van der Waals surface area (Å²) in [5.41, 5.74) is 0. The van der Waals surface area contributed by atoms with Crippen LogP contribution >= 0.6 is 0 Å². The van der Waals surface area contributed by atoms with E-state index in [4.69, 9.17) is 0 Å². The maximum atomic E-state index is 12.1. The largest absolute Gasteiger partial charge is 0.389 e. The monoisotopic (exact) mass is 252 g/mol. The molecule has 0 aliphatic carbocycles. The molecule has 0 amide bonds. The van der Waals surface area contributed by atoms with Crippen molar-refractivity contribution >= 4 is 0 Å². The highest BCUT2D eigenvalue weighted by molar-refractivity contribution is 4.79. The fraction of sp³-hybridized carbons (Fsp3) is 1.00. The second-order valence-electron chi connectivity index (χ2n) is 5.10. The summed E-state index contributed by atoms with van der Waals surface area (Å²) in [6, 6.07) is 0.772. The zero-order chi connectivity index (χ0) is 12.9. The smallest absolute Gasteiger partial charge is 0.313 e. The van der Waals surface area contributed by atoms with Crippen LogP contribution in [0.2, 0.25) is 0 Å². The molecule has 0 spiro atoms. The molecular formula is C12H23F3N2. The Bertz CT molecular complexity index is 210. The van der Waals surface area contributed by atoms with Crippen LogP contribution in [0.3, 0.4) is 0 Å². The Morgan fingerprint density at radius 1 is 1.35 bits per heavy atom. The summed E-state index contributed by atoms with van der Waals surface area (Å²) in [5, 5.41) is 3.38. The van der Waals surface area contributed by atoms with Gasteiger partial charge in [0, 0.05) is 25.0 Å². The van der Waals surface area contributed by atoms with Gasteiger partial charge in [0.25, 0.3) is 0 Å². The summed E-state index contributed by atoms with van der Waals surface area (Å²) in [5.74, 6) is 0. The second-order valence-corrected chi connectivity index (χ2v) is 5.10. The first-order chi connectivity index (χ1) is 7.88. The predicted molar refractivity (Wildman–Crippen MR) is 63.0 cm³/mol. The van der Waals surface area contributed by atoms with Gasteiger partial charge in [-0.1, -0.05) is 0 Å². The van der Waals surface area contributed by atoms with Gasteiger partial charge in [-0.15, -0.1) is 0 Å². The SMILES string of the molecule is CC(C)N(CCCC(F)(F)F)CC1CCCN1. The van der Waals surface area contributed by atoms with Crippen molar-refractivity contribution in [2.24, 2.45) is 0 Å². The van der Waals surface area contributed by atoms with Crippen molar-refractivity contribution in [3.05, 3.63) is 0 Å². The lowest BCUT2D eigenvalue weighted by Gasteiger charge is -2.29. The fourth-order valence-electron chi connectivity index (χ4n) is 2.24. The molecule has 5 heteroatoms. The Hall–Kier alpha value is -0.290. The Morgan fingerprint density at radius 2 is 2.06 bits per heavy atom. The van der Waals surface area contributed by atoms with Crippen molar-refractivity contribution in [3.8, 4) is 0 Å². The van der Waals surface area contributed by atoms with Crippen molar-refractivity contribution in [1.29, 1.82) is 0 Å². The molecule has 102 valence electrons. The molecule has 1 N–H and O–H groups in total. The molecule has 0 bridgehead atoms. The van der Waals surface area contributed by atoms with Crippen LogP contribution in [0.1, 0.15) is 39.5 Å². The van der Waals surface area contributed by atoms with Gasteiger partial charge in [-0.05, 0) is 46.2 Å². The van der Waals surface area contributed by atoms with E-state index in [0.29, 0.717) is 18.6 Å². The van der Waals surface area contributed by atoms with E-state index in [1.165, 1.54) is 6.42 Å². The topological polar surface area (TPSA) is 15.3 Å². The summed E-state index contributed by atoms with van der Waals surface area (Å²) in [7, 11) is 0. The lowest BCUT2D eigenvalue weighted by Crippen LogP contribution is -2.41. The highest BCUT2D eigenvalue weighted by Gasteiger charge is 2.27. The van der Waals surface area contributed by atoms with Crippen LogP contribution in [0.4, 0.5) is 13.2 Å². The first-order valence-corrected chi connectivity index (χ1v) is 6.42. The Morgan fingerprint density at radius 3 is 2.53 bits per heavy atom. The van der Waals surface area contributed by atoms with Gasteiger partial charge in [0.05, 0.1) is 0 Å². The highest BCUT2D eigenvalue weighted by Crippen LogP contribution is 2.22. The molecule has 0 aromatic rings. The molecule has 0 saturated carbocycles. The minimum atomic E-state index is -4.02. The molecule has 2 nitrogen and oxygen atoms in total. The Labute approximate surface area is 102 Å². The van der Waals surface area contributed by atoms with E-state index in [1.807, 2.05) is 13.8 Å². The maximum Gasteiger partial charge on any atom is 0.389 e. The van der Waals surface area contributed by atoms with Crippen molar-refractivity contribution < 1.29 is 13.2 Å². The lowest BCUT2D eigenvalue weighted by molar-refractivity contribution is -0.136. The number of hydrogen-bond acceptors (Lipinski definition) is 2. The number of rotatable bonds is 6. The van der Waals surface area contributed by atoms with Gasteiger partial charge in [-0.2, -0.15) is 13.2 Å². The van der Waals surface area contributed by atoms with Gasteiger partial charge in [0.15, 0.2) is 0 Å². The lowest BCUT2D eigenvalue weighted by atomic mass is 10.1. The molecule has 1 aliphatic heterocycles. The number of alkyl halides is 3. The summed E-state index contributed by atoms with van der Waals surface area (Å²) < 4.78 is 36.2. The van der Waals surface area contributed by atoms with Crippen molar-refractivity contribution in [2.75, 3.05) is 19.6 Å². The summed E-state index contributed by atoms with van der Waals surface area (Å²) in [6.45, 7) is 6.54. The van der Waals surface area contributed by atoms with E-state index < -0.39 is 12.6 Å². The van der Waals surface area contributed by atoms with E-state index in [9.17, 15) is 13.2 Å². The average molecular weight is 252 g/mol. The van der Waals surface area contributed by atoms with E-state index in [2.05, 4.69) is 10.2 Å². The molecule has 1 fully saturated rings. The quantitative estimate of drug-likeness (QED) is 0.782. The van der Waals surface area contributed by atoms with E-state index in [-0.39, 0.29) is 6.42 Å². The average Bonchev–Trinajstić information content (AvgIpc) is 2.66. The van der Waals surface area contributed by atoms with Crippen LogP contribution in [0, 0.1) is 0 Å². The van der Waals surface area contributed by atoms with Crippen LogP contribution in [-0.4, -0.2) is 42.8 Å². The summed E-state index contributed by atoms with van der Waals surface area (Å²) >= 11 is 0. The molecule has 1 aliphatic rings. The molecular weight excluding hydrogens is 229 g/mol. The third kappa shape index (κ3) is 6.27. The fourth-order valence-corrected chi connectivity index (χ4v) is 2.24. The minimum absolute atomic E-state index is 0.203. The number of hydrogen-bond donors (Lipinski definition) is 1. The first kappa shape index (κ1) is 14.8. The molecule has 1 heterocycles. The number of nitrogens with one attached hydrogen (secondary N) is 1. The molecule has 1 rings (SSSR count). The van der Waals surface area contributed by atoms with Gasteiger partial charge >= 0.3 is 6.18 Å². The second kappa shape index (κ2) is 6.59. The van der Waals surface area contributed by atoms with Gasteiger partial charge in [-0.25, -0.2) is 0 Å². The molecule has 0 radical (unpaired) electrons. The molecule has 17 heavy (non-hydrogen) atoms. The van der Waals surface area contributed by atoms with Gasteiger partial charge in [0.1, 0.15) is 0 Å². The first-order valence-electron chi connectivity index (χ1n) is 6.42. The molecule has 1 saturated heterocycles. The Kier molecular flexibility index (Phi) is 5.73. The highest BCUT2D eigenvalue weighted by atomic mass is 19.4. The zero-order valence-electron chi connectivity index (χ0n) is 10.7. The van der Waals surface area contributed by atoms with Gasteiger partial charge in [0.2, 0.25) is 0 Å². The van der Waals surface area contributed by atoms with E-state index >= 15 is 0 Å². The summed E-state index contributed by atoms with van der Waals surface area (Å²) in [6.07, 6.45) is -2.17. The third-order valence-electron chi connectivity index (χ3n) is 3.25. The van der Waals surface area contributed by atoms with Crippen LogP contribution < -0.4 is 5.32 Å². The third-order valence-corrected chi connectivity index (χ3v) is 3.25. The van der Waals surface area contributed by atoms with Crippen molar-refractivity contribution in [3.63, 3.8) is 0 Å². The van der Waals surface area contributed by atoms with Crippen LogP contribution in [0.25, 0.3) is 0 Å². The Balaban J connectivity index is 2.27. The standard InChI is InChI=1S/C12H23F3N2/c1-10(2)17(8-4-6-12(13,14)15)9-11-5-3-7-16-11/h10-11,16H,3-9H2,1-2H3. The number of halogens is 3. The van der Waals surface area contributed by atoms with Crippen LogP contribution in [0.15, 0.2) is 0 Å². The van der Waals surface area contributed by atoms with E-state index in [0.717, 1.165) is 19.5 Å². The number of nitrogens with zero attached hydrogens (tertiary/aromatic N) is 1. The van der Waals surface area contributed by atoms with Crippen LogP contribution in [-0.2, 0) is 0 Å². The van der Waals surface area contributed by atoms with Gasteiger partial charge in [-0.3, -0.25) is 4.90 Å². The molecule has 1 atom stereocenters. The van der Waals surface area contributed by atoms with E-state index in [1.54, 1.807) is 0 Å². The predicted octanol–water partition coefficient (Wildman–Crippen LogP) is 2.79. The summed E-state index contributed by atoms with van der Waals surface area (Å²) in [4.78, 5) is 2.15. The van der Waals surface area contributed by atoms with Crippen molar-refractivity contribution in [2.45, 2.75) is 57.8 Å². The van der Waals surface area contributed by atoms with Crippen LogP contribution in [0.5, 0.6) is 0 Å². The molecule has 0 aromatic carbocycles. The molecule has 0 aromatic heterocycles.